The van der Waals surface area contributed by atoms with Crippen LogP contribution in [0, 0.1) is 5.92 Å². The van der Waals surface area contributed by atoms with Crippen molar-refractivity contribution in [2.45, 2.75) is 32.4 Å². The Hall–Kier alpha value is -0.650. The van der Waals surface area contributed by atoms with Gasteiger partial charge in [0.25, 0.3) is 0 Å². The summed E-state index contributed by atoms with van der Waals surface area (Å²) < 4.78 is 0. The molecular formula is C9H20N2O3. The average Bonchev–Trinajstić information content (AvgIpc) is 2.12. The minimum Gasteiger partial charge on any atom is -0.394 e. The van der Waals surface area contributed by atoms with E-state index in [4.69, 9.17) is 15.9 Å². The van der Waals surface area contributed by atoms with E-state index < -0.39 is 12.1 Å². The van der Waals surface area contributed by atoms with Gasteiger partial charge in [-0.1, -0.05) is 13.8 Å². The van der Waals surface area contributed by atoms with Crippen LogP contribution >= 0.6 is 0 Å². The molecule has 14 heavy (non-hydrogen) atoms. The number of carbonyl (C=O) groups is 1. The van der Waals surface area contributed by atoms with Crippen molar-refractivity contribution in [1.82, 2.24) is 5.32 Å². The third-order valence-corrected chi connectivity index (χ3v) is 1.85. The van der Waals surface area contributed by atoms with E-state index >= 15 is 0 Å². The summed E-state index contributed by atoms with van der Waals surface area (Å²) in [6.45, 7) is 3.39. The number of amides is 1. The first-order chi connectivity index (χ1) is 6.51. The molecule has 0 heterocycles. The molecule has 0 bridgehead atoms. The summed E-state index contributed by atoms with van der Waals surface area (Å²) in [7, 11) is 0. The third kappa shape index (κ3) is 5.16. The van der Waals surface area contributed by atoms with Crippen LogP contribution in [0.5, 0.6) is 0 Å². The van der Waals surface area contributed by atoms with Gasteiger partial charge in [0, 0.05) is 0 Å². The van der Waals surface area contributed by atoms with Gasteiger partial charge in [0.15, 0.2) is 0 Å². The predicted molar refractivity (Wildman–Crippen MR) is 53.5 cm³/mol. The molecule has 0 aromatic heterocycles. The molecule has 0 saturated heterocycles. The Kier molecular flexibility index (Phi) is 6.44. The fourth-order valence-corrected chi connectivity index (χ4v) is 1.07. The van der Waals surface area contributed by atoms with E-state index in [1.807, 2.05) is 13.8 Å². The Labute approximate surface area is 84.3 Å². The van der Waals surface area contributed by atoms with Gasteiger partial charge in [-0.25, -0.2) is 0 Å². The van der Waals surface area contributed by atoms with Crippen LogP contribution in [0.2, 0.25) is 0 Å². The van der Waals surface area contributed by atoms with Crippen LogP contribution < -0.4 is 11.1 Å². The molecule has 0 aliphatic rings. The van der Waals surface area contributed by atoms with Gasteiger partial charge < -0.3 is 21.3 Å². The normalized spacial score (nSPS) is 13.4. The lowest BCUT2D eigenvalue weighted by atomic mass is 10.0. The summed E-state index contributed by atoms with van der Waals surface area (Å²) in [4.78, 5) is 11.3. The van der Waals surface area contributed by atoms with Gasteiger partial charge in [-0.05, 0) is 12.3 Å². The highest BCUT2D eigenvalue weighted by Crippen LogP contribution is 2.02. The maximum atomic E-state index is 11.3. The first-order valence-corrected chi connectivity index (χ1v) is 4.78. The van der Waals surface area contributed by atoms with Crippen molar-refractivity contribution < 1.29 is 15.0 Å². The van der Waals surface area contributed by atoms with Crippen molar-refractivity contribution in [2.75, 3.05) is 13.2 Å². The molecule has 0 aliphatic heterocycles. The molecule has 5 nitrogen and oxygen atoms in total. The molecule has 1 atom stereocenters. The van der Waals surface area contributed by atoms with Crippen molar-refractivity contribution in [3.63, 3.8) is 0 Å². The highest BCUT2D eigenvalue weighted by molar-refractivity contribution is 5.81. The van der Waals surface area contributed by atoms with Gasteiger partial charge in [-0.2, -0.15) is 0 Å². The van der Waals surface area contributed by atoms with Crippen LogP contribution in [0.25, 0.3) is 0 Å². The minimum atomic E-state index is -0.610. The smallest absolute Gasteiger partial charge is 0.237 e. The summed E-state index contributed by atoms with van der Waals surface area (Å²) in [5.41, 5.74) is 5.60. The van der Waals surface area contributed by atoms with Gasteiger partial charge in [0.05, 0.1) is 25.3 Å². The Bertz CT molecular complexity index is 169. The van der Waals surface area contributed by atoms with Gasteiger partial charge in [0.2, 0.25) is 5.91 Å². The zero-order valence-corrected chi connectivity index (χ0v) is 8.73. The van der Waals surface area contributed by atoms with Crippen LogP contribution in [0.1, 0.15) is 20.3 Å². The van der Waals surface area contributed by atoms with Gasteiger partial charge in [-0.15, -0.1) is 0 Å². The van der Waals surface area contributed by atoms with Crippen LogP contribution in [0.15, 0.2) is 0 Å². The van der Waals surface area contributed by atoms with Crippen LogP contribution in [-0.2, 0) is 4.79 Å². The fourth-order valence-electron chi connectivity index (χ4n) is 1.07. The number of nitrogens with two attached hydrogens (primary N) is 1. The summed E-state index contributed by atoms with van der Waals surface area (Å²) in [5.74, 6) is 0.0178. The van der Waals surface area contributed by atoms with E-state index in [-0.39, 0.29) is 19.1 Å². The molecule has 0 spiro atoms. The first-order valence-electron chi connectivity index (χ1n) is 4.78. The number of carbonyl (C=O) groups excluding carboxylic acids is 1. The van der Waals surface area contributed by atoms with E-state index in [9.17, 15) is 4.79 Å². The fraction of sp³-hybridized carbons (Fsp3) is 0.889. The second kappa shape index (κ2) is 6.75. The summed E-state index contributed by atoms with van der Waals surface area (Å²) in [5, 5.41) is 19.9. The molecule has 1 amide bonds. The maximum absolute atomic E-state index is 11.3. The van der Waals surface area contributed by atoms with Crippen LogP contribution in [0.3, 0.4) is 0 Å². The molecule has 0 aliphatic carbocycles. The largest absolute Gasteiger partial charge is 0.394 e. The van der Waals surface area contributed by atoms with Crippen molar-refractivity contribution in [1.29, 1.82) is 0 Å². The van der Waals surface area contributed by atoms with E-state index in [0.29, 0.717) is 12.3 Å². The van der Waals surface area contributed by atoms with Crippen molar-refractivity contribution in [3.05, 3.63) is 0 Å². The Morgan fingerprint density at radius 3 is 2.21 bits per heavy atom. The standard InChI is InChI=1S/C9H20N2O3/c1-6(2)3-8(10)9(14)11-7(4-12)5-13/h6-8,12-13H,3-5,10H2,1-2H3,(H,11,14)/t8-/m0/s1. The van der Waals surface area contributed by atoms with Crippen molar-refractivity contribution in [2.24, 2.45) is 11.7 Å². The highest BCUT2D eigenvalue weighted by Gasteiger charge is 2.17. The lowest BCUT2D eigenvalue weighted by molar-refractivity contribution is -0.124. The molecule has 0 aromatic rings. The molecule has 5 heteroatoms. The number of aliphatic hydroxyl groups is 2. The van der Waals surface area contributed by atoms with E-state index in [1.165, 1.54) is 0 Å². The van der Waals surface area contributed by atoms with Gasteiger partial charge >= 0.3 is 0 Å². The number of nitrogens with one attached hydrogen (secondary N) is 1. The molecule has 84 valence electrons. The average molecular weight is 204 g/mol. The Morgan fingerprint density at radius 2 is 1.86 bits per heavy atom. The summed E-state index contributed by atoms with van der Waals surface area (Å²) in [6, 6.07) is -1.18. The summed E-state index contributed by atoms with van der Waals surface area (Å²) >= 11 is 0. The quantitative estimate of drug-likeness (QED) is 0.438. The Balaban J connectivity index is 3.93. The minimum absolute atomic E-state index is 0.281. The third-order valence-electron chi connectivity index (χ3n) is 1.85. The number of rotatable bonds is 6. The first kappa shape index (κ1) is 13.4. The summed E-state index contributed by atoms with van der Waals surface area (Å²) in [6.07, 6.45) is 0.593. The lowest BCUT2D eigenvalue weighted by Gasteiger charge is -2.18. The molecule has 5 N–H and O–H groups in total. The molecular weight excluding hydrogens is 184 g/mol. The number of hydrogen-bond donors (Lipinski definition) is 4. The van der Waals surface area contributed by atoms with Crippen LogP contribution in [-0.4, -0.2) is 41.4 Å². The molecule has 0 aromatic carbocycles. The second-order valence-corrected chi connectivity index (χ2v) is 3.81. The topological polar surface area (TPSA) is 95.6 Å². The monoisotopic (exact) mass is 204 g/mol. The zero-order valence-electron chi connectivity index (χ0n) is 8.73. The molecule has 0 fully saturated rings. The lowest BCUT2D eigenvalue weighted by Crippen LogP contribution is -2.48. The van der Waals surface area contributed by atoms with E-state index in [1.54, 1.807) is 0 Å². The molecule has 0 unspecified atom stereocenters. The van der Waals surface area contributed by atoms with Crippen molar-refractivity contribution in [3.8, 4) is 0 Å². The second-order valence-electron chi connectivity index (χ2n) is 3.81. The van der Waals surface area contributed by atoms with E-state index in [2.05, 4.69) is 5.32 Å². The molecule has 0 radical (unpaired) electrons. The van der Waals surface area contributed by atoms with E-state index in [0.717, 1.165) is 0 Å². The highest BCUT2D eigenvalue weighted by atomic mass is 16.3. The van der Waals surface area contributed by atoms with Crippen LogP contribution in [0.4, 0.5) is 0 Å². The number of hydrogen-bond acceptors (Lipinski definition) is 4. The SMILES string of the molecule is CC(C)C[C@H](N)C(=O)NC(CO)CO. The Morgan fingerprint density at radius 1 is 1.36 bits per heavy atom. The maximum Gasteiger partial charge on any atom is 0.237 e. The molecule has 0 rings (SSSR count). The molecule has 0 saturated carbocycles. The zero-order chi connectivity index (χ0) is 11.1. The van der Waals surface area contributed by atoms with Gasteiger partial charge in [0.1, 0.15) is 0 Å². The van der Waals surface area contributed by atoms with Crippen molar-refractivity contribution >= 4 is 5.91 Å². The predicted octanol–water partition coefficient (Wildman–Crippen LogP) is -1.17. The number of aliphatic hydroxyl groups excluding tert-OH is 2. The van der Waals surface area contributed by atoms with Gasteiger partial charge in [-0.3, -0.25) is 4.79 Å².